The number of nitrogens with one attached hydrogen (secondary N) is 2. The summed E-state index contributed by atoms with van der Waals surface area (Å²) in [6.07, 6.45) is 1.49. The van der Waals surface area contributed by atoms with Crippen LogP contribution in [0.4, 0.5) is 0 Å². The van der Waals surface area contributed by atoms with Gasteiger partial charge in [-0.3, -0.25) is 19.4 Å². The fourth-order valence-electron chi connectivity index (χ4n) is 2.38. The molecule has 1 unspecified atom stereocenters. The number of H-pyrrole nitrogens is 1. The van der Waals surface area contributed by atoms with E-state index < -0.39 is 6.10 Å². The summed E-state index contributed by atoms with van der Waals surface area (Å²) in [5, 5.41) is 14.8. The molecular weight excluding hydrogens is 272 g/mol. The number of fused-ring (bicyclic) bond motifs is 1. The van der Waals surface area contributed by atoms with Gasteiger partial charge >= 0.3 is 0 Å². The molecule has 0 aromatic carbocycles. The van der Waals surface area contributed by atoms with Gasteiger partial charge in [0, 0.05) is 25.2 Å². The zero-order valence-corrected chi connectivity index (χ0v) is 12.0. The largest absolute Gasteiger partial charge is 0.392 e. The summed E-state index contributed by atoms with van der Waals surface area (Å²) >= 11 is 0. The summed E-state index contributed by atoms with van der Waals surface area (Å²) in [5.41, 5.74) is 1.33. The third-order valence-corrected chi connectivity index (χ3v) is 3.63. The Kier molecular flexibility index (Phi) is 3.29. The third-order valence-electron chi connectivity index (χ3n) is 3.63. The number of amides is 1. The van der Waals surface area contributed by atoms with E-state index in [1.807, 2.05) is 0 Å². The van der Waals surface area contributed by atoms with Gasteiger partial charge < -0.3 is 10.4 Å². The van der Waals surface area contributed by atoms with E-state index in [-0.39, 0.29) is 18.0 Å². The van der Waals surface area contributed by atoms with Gasteiger partial charge in [-0.15, -0.1) is 0 Å². The number of carbonyl (C=O) groups excluding carboxylic acids is 1. The Morgan fingerprint density at radius 1 is 1.62 bits per heavy atom. The lowest BCUT2D eigenvalue weighted by molar-refractivity contribution is 0.0925. The molecule has 0 bridgehead atoms. The van der Waals surface area contributed by atoms with Gasteiger partial charge in [0.2, 0.25) is 0 Å². The molecule has 2 aromatic rings. The third kappa shape index (κ3) is 2.56. The number of hydrogen-bond acceptors (Lipinski definition) is 4. The maximum Gasteiger partial charge on any atom is 0.274 e. The highest BCUT2D eigenvalue weighted by molar-refractivity contribution is 6.05. The van der Waals surface area contributed by atoms with Gasteiger partial charge in [0.05, 0.1) is 17.1 Å². The first-order valence-corrected chi connectivity index (χ1v) is 7.03. The minimum Gasteiger partial charge on any atom is -0.392 e. The zero-order chi connectivity index (χ0) is 15.1. The Balaban J connectivity index is 2.10. The van der Waals surface area contributed by atoms with Crippen LogP contribution < -0.4 is 10.9 Å². The van der Waals surface area contributed by atoms with Crippen molar-refractivity contribution in [1.29, 1.82) is 0 Å². The molecule has 3 rings (SSSR count). The Morgan fingerprint density at radius 3 is 2.95 bits per heavy atom. The minimum atomic E-state index is -0.636. The fourth-order valence-corrected chi connectivity index (χ4v) is 2.38. The highest BCUT2D eigenvalue weighted by atomic mass is 16.3. The van der Waals surface area contributed by atoms with Crippen molar-refractivity contribution in [1.82, 2.24) is 20.1 Å². The molecular formula is C14H18N4O3. The predicted molar refractivity (Wildman–Crippen MR) is 77.3 cm³/mol. The fraction of sp³-hybridized carbons (Fsp3) is 0.500. The van der Waals surface area contributed by atoms with Crippen LogP contribution in [0.1, 0.15) is 41.7 Å². The molecule has 1 aliphatic rings. The maximum absolute atomic E-state index is 12.3. The predicted octanol–water partition coefficient (Wildman–Crippen LogP) is 0.250. The Hall–Kier alpha value is -2.15. The van der Waals surface area contributed by atoms with Crippen molar-refractivity contribution in [3.8, 4) is 0 Å². The highest BCUT2D eigenvalue weighted by Gasteiger charge is 2.28. The monoisotopic (exact) mass is 290 g/mol. The van der Waals surface area contributed by atoms with Gasteiger partial charge in [-0.25, -0.2) is 4.98 Å². The molecule has 0 spiro atoms. The number of aliphatic hydroxyl groups is 1. The first-order valence-electron chi connectivity index (χ1n) is 7.03. The molecule has 1 fully saturated rings. The molecule has 3 N–H and O–H groups in total. The minimum absolute atomic E-state index is 0.145. The van der Waals surface area contributed by atoms with Crippen LogP contribution in [0.3, 0.4) is 0 Å². The second-order valence-electron chi connectivity index (χ2n) is 5.63. The van der Waals surface area contributed by atoms with Crippen molar-refractivity contribution in [2.75, 3.05) is 6.54 Å². The average molecular weight is 290 g/mol. The molecule has 1 atom stereocenters. The number of carbonyl (C=O) groups is 1. The number of hydrogen-bond donors (Lipinski definition) is 3. The average Bonchev–Trinajstić information content (AvgIpc) is 3.23. The van der Waals surface area contributed by atoms with Crippen LogP contribution in [-0.4, -0.2) is 38.4 Å². The van der Waals surface area contributed by atoms with E-state index in [4.69, 9.17) is 0 Å². The Labute approximate surface area is 121 Å². The van der Waals surface area contributed by atoms with Crippen LogP contribution in [0.5, 0.6) is 0 Å². The molecule has 0 saturated heterocycles. The van der Waals surface area contributed by atoms with E-state index in [1.54, 1.807) is 20.0 Å². The van der Waals surface area contributed by atoms with Crippen molar-refractivity contribution in [2.45, 2.75) is 31.8 Å². The number of aliphatic hydroxyl groups excluding tert-OH is 1. The van der Waals surface area contributed by atoms with E-state index in [0.717, 1.165) is 18.5 Å². The van der Waals surface area contributed by atoms with Crippen molar-refractivity contribution >= 4 is 16.9 Å². The maximum atomic E-state index is 12.3. The lowest BCUT2D eigenvalue weighted by atomic mass is 10.1. The van der Waals surface area contributed by atoms with Crippen LogP contribution in [0.25, 0.3) is 11.0 Å². The van der Waals surface area contributed by atoms with Crippen LogP contribution in [-0.2, 0) is 7.05 Å². The van der Waals surface area contributed by atoms with E-state index in [1.165, 1.54) is 4.68 Å². The molecule has 1 aliphatic carbocycles. The van der Waals surface area contributed by atoms with Gasteiger partial charge in [0.25, 0.3) is 11.5 Å². The first-order chi connectivity index (χ1) is 9.97. The number of pyridine rings is 1. The lowest BCUT2D eigenvalue weighted by Crippen LogP contribution is -2.31. The summed E-state index contributed by atoms with van der Waals surface area (Å²) in [4.78, 5) is 28.8. The molecule has 21 heavy (non-hydrogen) atoms. The second-order valence-corrected chi connectivity index (χ2v) is 5.63. The summed E-state index contributed by atoms with van der Waals surface area (Å²) in [6.45, 7) is 1.74. The molecule has 7 heteroatoms. The number of rotatable bonds is 4. The van der Waals surface area contributed by atoms with Crippen molar-refractivity contribution < 1.29 is 9.90 Å². The summed E-state index contributed by atoms with van der Waals surface area (Å²) in [7, 11) is 1.70. The summed E-state index contributed by atoms with van der Waals surface area (Å²) in [5.74, 6) is 0.0182. The molecule has 1 saturated carbocycles. The Bertz CT molecular complexity index is 755. The molecule has 2 heterocycles. The molecule has 2 aromatic heterocycles. The van der Waals surface area contributed by atoms with Crippen molar-refractivity contribution in [3.05, 3.63) is 27.7 Å². The summed E-state index contributed by atoms with van der Waals surface area (Å²) < 4.78 is 1.54. The molecule has 1 amide bonds. The second kappa shape index (κ2) is 5.00. The number of nitrogens with zero attached hydrogens (tertiary/aromatic N) is 2. The van der Waals surface area contributed by atoms with Crippen molar-refractivity contribution in [2.24, 2.45) is 7.05 Å². The zero-order valence-electron chi connectivity index (χ0n) is 12.0. The number of aromatic amines is 1. The van der Waals surface area contributed by atoms with E-state index in [2.05, 4.69) is 15.4 Å². The van der Waals surface area contributed by atoms with Crippen LogP contribution in [0.2, 0.25) is 0 Å². The van der Waals surface area contributed by atoms with Crippen LogP contribution in [0, 0.1) is 0 Å². The van der Waals surface area contributed by atoms with Gasteiger partial charge in [-0.2, -0.15) is 0 Å². The van der Waals surface area contributed by atoms with Crippen LogP contribution in [0.15, 0.2) is 10.9 Å². The summed E-state index contributed by atoms with van der Waals surface area (Å²) in [6, 6.07) is 1.70. The molecule has 112 valence electrons. The van der Waals surface area contributed by atoms with E-state index in [0.29, 0.717) is 22.5 Å². The Morgan fingerprint density at radius 2 is 2.33 bits per heavy atom. The first kappa shape index (κ1) is 13.8. The van der Waals surface area contributed by atoms with Crippen LogP contribution >= 0.6 is 0 Å². The standard InChI is InChI=1S/C14H18N4O3/c1-7(19)6-15-13(20)9-5-10(8-3-4-8)16-12-11(9)14(21)17-18(12)2/h5,7-8,19H,3-4,6H2,1-2H3,(H,15,20)(H,17,21). The van der Waals surface area contributed by atoms with Gasteiger partial charge in [-0.1, -0.05) is 0 Å². The van der Waals surface area contributed by atoms with Crippen molar-refractivity contribution in [3.63, 3.8) is 0 Å². The SMILES string of the molecule is CC(O)CNC(=O)c1cc(C2CC2)nc2c1c(=O)[nH]n2C. The van der Waals surface area contributed by atoms with Gasteiger partial charge in [0.15, 0.2) is 5.65 Å². The topological polar surface area (TPSA) is 100 Å². The normalized spacial score (nSPS) is 16.1. The van der Waals surface area contributed by atoms with E-state index in [9.17, 15) is 14.7 Å². The number of aromatic nitrogens is 3. The highest BCUT2D eigenvalue weighted by Crippen LogP contribution is 2.39. The molecule has 0 radical (unpaired) electrons. The molecule has 7 nitrogen and oxygen atoms in total. The van der Waals surface area contributed by atoms with E-state index >= 15 is 0 Å². The smallest absolute Gasteiger partial charge is 0.274 e. The molecule has 0 aliphatic heterocycles. The van der Waals surface area contributed by atoms with Gasteiger partial charge in [-0.05, 0) is 25.8 Å². The quantitative estimate of drug-likeness (QED) is 0.751. The number of aryl methyl sites for hydroxylation is 1. The lowest BCUT2D eigenvalue weighted by Gasteiger charge is -2.09. The van der Waals surface area contributed by atoms with Gasteiger partial charge in [0.1, 0.15) is 0 Å².